The average molecular weight is 483 g/mol. The van der Waals surface area contributed by atoms with E-state index in [1.165, 1.54) is 28.9 Å². The molecule has 1 saturated heterocycles. The molecule has 34 heavy (non-hydrogen) atoms. The molecule has 1 aliphatic rings. The van der Waals surface area contributed by atoms with Crippen LogP contribution >= 0.6 is 11.6 Å². The number of aromatic nitrogens is 3. The van der Waals surface area contributed by atoms with Crippen LogP contribution in [0.15, 0.2) is 58.1 Å². The quantitative estimate of drug-likeness (QED) is 0.473. The van der Waals surface area contributed by atoms with Gasteiger partial charge in [-0.25, -0.2) is 9.07 Å². The van der Waals surface area contributed by atoms with E-state index in [2.05, 4.69) is 16.1 Å². The Balaban J connectivity index is 1.54. The number of pyridine rings is 1. The van der Waals surface area contributed by atoms with Crippen molar-refractivity contribution in [3.63, 3.8) is 0 Å². The van der Waals surface area contributed by atoms with Gasteiger partial charge < -0.3 is 9.30 Å². The van der Waals surface area contributed by atoms with Gasteiger partial charge in [-0.3, -0.25) is 19.6 Å². The van der Waals surface area contributed by atoms with E-state index in [9.17, 15) is 14.0 Å². The summed E-state index contributed by atoms with van der Waals surface area (Å²) in [5, 5.41) is 3.28. The van der Waals surface area contributed by atoms with Crippen molar-refractivity contribution in [2.24, 2.45) is 0 Å². The molecule has 3 heterocycles. The van der Waals surface area contributed by atoms with Gasteiger partial charge >= 0.3 is 0 Å². The number of H-pyrrole nitrogens is 1. The number of morpholine rings is 1. The lowest BCUT2D eigenvalue weighted by atomic mass is 10.1. The van der Waals surface area contributed by atoms with E-state index in [4.69, 9.17) is 16.3 Å². The molecule has 2 aromatic carbocycles. The number of aromatic amines is 1. The predicted molar refractivity (Wildman–Crippen MR) is 130 cm³/mol. The minimum atomic E-state index is -0.568. The summed E-state index contributed by atoms with van der Waals surface area (Å²) < 4.78 is 21.9. The predicted octanol–water partition coefficient (Wildman–Crippen LogP) is 3.46. The first kappa shape index (κ1) is 22.6. The Bertz CT molecular complexity index is 1480. The first-order valence-corrected chi connectivity index (χ1v) is 11.5. The van der Waals surface area contributed by atoms with Gasteiger partial charge in [0.2, 0.25) is 0 Å². The van der Waals surface area contributed by atoms with Gasteiger partial charge in [0.15, 0.2) is 0 Å². The molecular formula is C25H24ClFN4O3. The molecule has 7 nitrogen and oxygen atoms in total. The van der Waals surface area contributed by atoms with Gasteiger partial charge in [0.05, 0.1) is 41.4 Å². The van der Waals surface area contributed by atoms with E-state index in [1.54, 1.807) is 11.5 Å². The third-order valence-electron chi connectivity index (χ3n) is 6.32. The van der Waals surface area contributed by atoms with Crippen molar-refractivity contribution in [2.45, 2.75) is 20.0 Å². The van der Waals surface area contributed by atoms with Crippen LogP contribution in [0.1, 0.15) is 16.8 Å². The molecule has 1 N–H and O–H groups in total. The largest absolute Gasteiger partial charge is 0.379 e. The van der Waals surface area contributed by atoms with Crippen LogP contribution in [-0.2, 0) is 17.8 Å². The van der Waals surface area contributed by atoms with Crippen LogP contribution in [0.4, 0.5) is 4.39 Å². The molecule has 0 saturated carbocycles. The van der Waals surface area contributed by atoms with Gasteiger partial charge in [-0.2, -0.15) is 0 Å². The molecular weight excluding hydrogens is 459 g/mol. The highest BCUT2D eigenvalue weighted by atomic mass is 35.5. The molecule has 0 atom stereocenters. The Kier molecular flexibility index (Phi) is 6.12. The maximum atomic E-state index is 13.6. The summed E-state index contributed by atoms with van der Waals surface area (Å²) >= 11 is 5.90. The molecule has 1 fully saturated rings. The minimum absolute atomic E-state index is 0.0868. The van der Waals surface area contributed by atoms with Crippen molar-refractivity contribution in [3.8, 4) is 5.69 Å². The third-order valence-corrected chi connectivity index (χ3v) is 6.61. The first-order valence-electron chi connectivity index (χ1n) is 11.1. The highest BCUT2D eigenvalue weighted by Gasteiger charge is 2.18. The van der Waals surface area contributed by atoms with Crippen LogP contribution in [0.2, 0.25) is 5.02 Å². The van der Waals surface area contributed by atoms with Crippen LogP contribution in [0, 0.1) is 12.7 Å². The zero-order valence-electron chi connectivity index (χ0n) is 18.7. The zero-order chi connectivity index (χ0) is 23.8. The summed E-state index contributed by atoms with van der Waals surface area (Å²) in [7, 11) is 0. The maximum absolute atomic E-state index is 13.6. The van der Waals surface area contributed by atoms with Crippen LogP contribution in [0.25, 0.3) is 16.6 Å². The van der Waals surface area contributed by atoms with Crippen molar-refractivity contribution in [1.82, 2.24) is 19.2 Å². The average Bonchev–Trinajstić information content (AvgIpc) is 3.16. The van der Waals surface area contributed by atoms with E-state index in [0.29, 0.717) is 28.8 Å². The fourth-order valence-electron chi connectivity index (χ4n) is 4.45. The van der Waals surface area contributed by atoms with Gasteiger partial charge in [-0.05, 0) is 36.2 Å². The van der Waals surface area contributed by atoms with E-state index in [1.807, 2.05) is 18.2 Å². The molecule has 0 amide bonds. The third kappa shape index (κ3) is 4.20. The van der Waals surface area contributed by atoms with Gasteiger partial charge in [0.25, 0.3) is 11.1 Å². The smallest absolute Gasteiger partial charge is 0.280 e. The zero-order valence-corrected chi connectivity index (χ0v) is 19.4. The molecule has 176 valence electrons. The normalized spacial score (nSPS) is 14.7. The lowest BCUT2D eigenvalue weighted by Gasteiger charge is -2.27. The Morgan fingerprint density at radius 3 is 2.44 bits per heavy atom. The van der Waals surface area contributed by atoms with Crippen LogP contribution in [-0.4, -0.2) is 45.6 Å². The summed E-state index contributed by atoms with van der Waals surface area (Å²) in [5.41, 5.74) is 3.01. The van der Waals surface area contributed by atoms with Gasteiger partial charge in [0.1, 0.15) is 5.82 Å². The molecule has 9 heteroatoms. The van der Waals surface area contributed by atoms with Crippen molar-refractivity contribution in [1.29, 1.82) is 0 Å². The Labute approximate surface area is 199 Å². The number of aryl methyl sites for hydroxylation is 1. The summed E-state index contributed by atoms with van der Waals surface area (Å²) in [6.45, 7) is 6.08. The van der Waals surface area contributed by atoms with Crippen molar-refractivity contribution in [3.05, 3.63) is 96.9 Å². The number of hydrogen-bond acceptors (Lipinski definition) is 4. The molecule has 2 aromatic heterocycles. The summed E-state index contributed by atoms with van der Waals surface area (Å²) in [5.74, 6) is -0.568. The number of hydrogen-bond donors (Lipinski definition) is 1. The molecule has 5 rings (SSSR count). The molecule has 0 radical (unpaired) electrons. The second-order valence-electron chi connectivity index (χ2n) is 8.45. The minimum Gasteiger partial charge on any atom is -0.379 e. The summed E-state index contributed by atoms with van der Waals surface area (Å²) in [6.07, 6.45) is 0. The fraction of sp³-hybridized carbons (Fsp3) is 0.280. The standard InChI is InChI=1S/C25H24ClFN4O3/c1-16-24-22(28-31(25(24)33)19-6-7-21(27)20(26)12-19)13-23(32)30(16)15-18-5-3-2-4-17(18)14-29-8-10-34-11-9-29/h2-7,12-13,28H,8-11,14-15H2,1H3. The fourth-order valence-corrected chi connectivity index (χ4v) is 4.62. The topological polar surface area (TPSA) is 72.3 Å². The highest BCUT2D eigenvalue weighted by Crippen LogP contribution is 2.20. The van der Waals surface area contributed by atoms with Gasteiger partial charge in [0, 0.05) is 31.4 Å². The number of fused-ring (bicyclic) bond motifs is 1. The molecule has 0 bridgehead atoms. The molecule has 0 spiro atoms. The summed E-state index contributed by atoms with van der Waals surface area (Å²) in [4.78, 5) is 28.6. The van der Waals surface area contributed by atoms with Crippen molar-refractivity contribution < 1.29 is 9.13 Å². The van der Waals surface area contributed by atoms with E-state index in [0.717, 1.165) is 44.0 Å². The van der Waals surface area contributed by atoms with E-state index >= 15 is 0 Å². The van der Waals surface area contributed by atoms with Crippen LogP contribution in [0.3, 0.4) is 0 Å². The molecule has 4 aromatic rings. The number of ether oxygens (including phenoxy) is 1. The Morgan fingerprint density at radius 1 is 1.03 bits per heavy atom. The first-order chi connectivity index (χ1) is 16.4. The molecule has 0 aliphatic carbocycles. The SMILES string of the molecule is Cc1c2c(=O)n(-c3ccc(F)c(Cl)c3)[nH]c2cc(=O)n1Cc1ccccc1CN1CCOCC1. The van der Waals surface area contributed by atoms with Crippen molar-refractivity contribution >= 4 is 22.5 Å². The van der Waals surface area contributed by atoms with Gasteiger partial charge in [-0.15, -0.1) is 0 Å². The number of nitrogens with one attached hydrogen (secondary N) is 1. The van der Waals surface area contributed by atoms with Gasteiger partial charge in [-0.1, -0.05) is 35.9 Å². The molecule has 1 aliphatic heterocycles. The second-order valence-corrected chi connectivity index (χ2v) is 8.86. The summed E-state index contributed by atoms with van der Waals surface area (Å²) in [6, 6.07) is 13.5. The lowest BCUT2D eigenvalue weighted by Crippen LogP contribution is -2.36. The monoisotopic (exact) mass is 482 g/mol. The Morgan fingerprint density at radius 2 is 1.74 bits per heavy atom. The number of halogens is 2. The number of benzene rings is 2. The Hall–Kier alpha value is -3.20. The van der Waals surface area contributed by atoms with Crippen molar-refractivity contribution in [2.75, 3.05) is 26.3 Å². The van der Waals surface area contributed by atoms with Crippen LogP contribution in [0.5, 0.6) is 0 Å². The second kappa shape index (κ2) is 9.21. The van der Waals surface area contributed by atoms with Crippen LogP contribution < -0.4 is 11.1 Å². The van der Waals surface area contributed by atoms with E-state index in [-0.39, 0.29) is 16.1 Å². The molecule has 0 unspecified atom stereocenters. The number of rotatable bonds is 5. The van der Waals surface area contributed by atoms with E-state index < -0.39 is 5.82 Å². The lowest BCUT2D eigenvalue weighted by molar-refractivity contribution is 0.0340. The maximum Gasteiger partial charge on any atom is 0.280 e. The number of nitrogens with zero attached hydrogens (tertiary/aromatic N) is 3. The highest BCUT2D eigenvalue weighted by molar-refractivity contribution is 6.30.